The van der Waals surface area contributed by atoms with E-state index < -0.39 is 11.9 Å². The predicted molar refractivity (Wildman–Crippen MR) is 104 cm³/mol. The first-order valence-electron chi connectivity index (χ1n) is 10.1. The highest BCUT2D eigenvalue weighted by atomic mass is 16.5. The van der Waals surface area contributed by atoms with Crippen molar-refractivity contribution in [1.29, 1.82) is 0 Å². The van der Waals surface area contributed by atoms with E-state index in [1.165, 1.54) is 14.2 Å². The van der Waals surface area contributed by atoms with E-state index in [1.54, 1.807) is 18.2 Å². The van der Waals surface area contributed by atoms with Gasteiger partial charge >= 0.3 is 5.97 Å². The lowest BCUT2D eigenvalue weighted by molar-refractivity contribution is -0.149. The van der Waals surface area contributed by atoms with Crippen LogP contribution in [0.1, 0.15) is 68.6 Å². The Hall–Kier alpha value is -2.04. The van der Waals surface area contributed by atoms with Crippen LogP contribution in [-0.4, -0.2) is 32.6 Å². The van der Waals surface area contributed by atoms with Gasteiger partial charge in [-0.3, -0.25) is 9.59 Å². The van der Waals surface area contributed by atoms with Crippen LogP contribution in [0.3, 0.4) is 0 Å². The highest BCUT2D eigenvalue weighted by molar-refractivity contribution is 6.11. The molecule has 1 aromatic carbocycles. The van der Waals surface area contributed by atoms with Crippen LogP contribution in [0, 0.1) is 11.8 Å². The average molecular weight is 376 g/mol. The molecule has 0 radical (unpaired) electrons. The number of methoxy groups -OCH3 is 2. The van der Waals surface area contributed by atoms with Gasteiger partial charge in [0.25, 0.3) is 0 Å². The van der Waals surface area contributed by atoms with E-state index in [0.29, 0.717) is 23.7 Å². The Morgan fingerprint density at radius 3 is 2.22 bits per heavy atom. The summed E-state index contributed by atoms with van der Waals surface area (Å²) in [4.78, 5) is 26.4. The van der Waals surface area contributed by atoms with E-state index in [4.69, 9.17) is 14.2 Å². The molecule has 0 heterocycles. The number of hydrogen-bond acceptors (Lipinski definition) is 5. The fourth-order valence-corrected chi connectivity index (χ4v) is 3.85. The molecule has 1 aliphatic rings. The minimum Gasteiger partial charge on any atom is -0.496 e. The monoisotopic (exact) mass is 376 g/mol. The van der Waals surface area contributed by atoms with E-state index >= 15 is 0 Å². The first-order chi connectivity index (χ1) is 13.1. The van der Waals surface area contributed by atoms with E-state index in [2.05, 4.69) is 6.92 Å². The number of rotatable bonds is 10. The van der Waals surface area contributed by atoms with Gasteiger partial charge in [0.2, 0.25) is 0 Å². The normalized spacial score (nSPS) is 15.8. The molecular formula is C22H32O5. The molecule has 0 aromatic heterocycles. The Morgan fingerprint density at radius 2 is 1.67 bits per heavy atom. The Morgan fingerprint density at radius 1 is 1.04 bits per heavy atom. The van der Waals surface area contributed by atoms with Gasteiger partial charge in [-0.05, 0) is 37.3 Å². The van der Waals surface area contributed by atoms with Crippen molar-refractivity contribution in [2.24, 2.45) is 11.8 Å². The maximum Gasteiger partial charge on any atom is 0.317 e. The van der Waals surface area contributed by atoms with Crippen molar-refractivity contribution in [3.63, 3.8) is 0 Å². The summed E-state index contributed by atoms with van der Waals surface area (Å²) in [6.45, 7) is 2.47. The Bertz CT molecular complexity index is 597. The molecule has 0 spiro atoms. The van der Waals surface area contributed by atoms with Gasteiger partial charge in [-0.25, -0.2) is 0 Å². The molecule has 0 saturated heterocycles. The molecule has 5 nitrogen and oxygen atoms in total. The first-order valence-corrected chi connectivity index (χ1v) is 10.1. The van der Waals surface area contributed by atoms with Crippen LogP contribution in [0.15, 0.2) is 18.2 Å². The summed E-state index contributed by atoms with van der Waals surface area (Å²) in [5.41, 5.74) is 0.337. The second-order valence-corrected chi connectivity index (χ2v) is 7.15. The smallest absolute Gasteiger partial charge is 0.317 e. The van der Waals surface area contributed by atoms with Crippen molar-refractivity contribution < 1.29 is 23.8 Å². The Balaban J connectivity index is 2.29. The topological polar surface area (TPSA) is 61.8 Å². The van der Waals surface area contributed by atoms with Crippen molar-refractivity contribution in [3.05, 3.63) is 23.8 Å². The van der Waals surface area contributed by atoms with Crippen molar-refractivity contribution >= 4 is 11.8 Å². The molecule has 5 heteroatoms. The van der Waals surface area contributed by atoms with Crippen molar-refractivity contribution in [2.75, 3.05) is 20.8 Å². The zero-order chi connectivity index (χ0) is 19.6. The molecule has 150 valence electrons. The fourth-order valence-electron chi connectivity index (χ4n) is 3.85. The third-order valence-corrected chi connectivity index (χ3v) is 5.32. The lowest BCUT2D eigenvalue weighted by atomic mass is 9.76. The van der Waals surface area contributed by atoms with Gasteiger partial charge in [0.05, 0.1) is 20.8 Å². The number of ether oxygens (including phenoxy) is 3. The number of esters is 1. The number of ketones is 1. The molecular weight excluding hydrogens is 344 g/mol. The zero-order valence-corrected chi connectivity index (χ0v) is 16.8. The minimum absolute atomic E-state index is 0.0135. The molecule has 0 bridgehead atoms. The standard InChI is InChI=1S/C22H32O5/c1-4-5-9-15-27-22(24)19(16-11-7-6-8-12-16)21(23)20-17(25-2)13-10-14-18(20)26-3/h10,13-14,16,19H,4-9,11-12,15H2,1-3H3. The third kappa shape index (κ3) is 5.47. The van der Waals surface area contributed by atoms with Gasteiger partial charge in [0.15, 0.2) is 5.78 Å². The molecule has 1 aliphatic carbocycles. The van der Waals surface area contributed by atoms with Crippen LogP contribution < -0.4 is 9.47 Å². The average Bonchev–Trinajstić information content (AvgIpc) is 2.71. The fraction of sp³-hybridized carbons (Fsp3) is 0.636. The van der Waals surface area contributed by atoms with Gasteiger partial charge in [-0.2, -0.15) is 0 Å². The summed E-state index contributed by atoms with van der Waals surface area (Å²) in [6.07, 6.45) is 7.88. The maximum absolute atomic E-state index is 13.5. The van der Waals surface area contributed by atoms with Crippen LogP contribution >= 0.6 is 0 Å². The molecule has 1 unspecified atom stereocenters. The summed E-state index contributed by atoms with van der Waals surface area (Å²) < 4.78 is 16.3. The van der Waals surface area contributed by atoms with E-state index in [1.807, 2.05) is 0 Å². The van der Waals surface area contributed by atoms with Crippen LogP contribution in [0.4, 0.5) is 0 Å². The number of Topliss-reactive ketones (excluding diaryl/α,β-unsaturated/α-hetero) is 1. The number of unbranched alkanes of at least 4 members (excludes halogenated alkanes) is 2. The lowest BCUT2D eigenvalue weighted by Gasteiger charge is -2.28. The van der Waals surface area contributed by atoms with Crippen molar-refractivity contribution in [2.45, 2.75) is 58.3 Å². The molecule has 2 rings (SSSR count). The zero-order valence-electron chi connectivity index (χ0n) is 16.8. The number of carbonyl (C=O) groups excluding carboxylic acids is 2. The molecule has 0 amide bonds. The third-order valence-electron chi connectivity index (χ3n) is 5.32. The molecule has 1 saturated carbocycles. The number of benzene rings is 1. The first kappa shape index (κ1) is 21.3. The highest BCUT2D eigenvalue weighted by Crippen LogP contribution is 2.37. The van der Waals surface area contributed by atoms with Crippen LogP contribution in [-0.2, 0) is 9.53 Å². The van der Waals surface area contributed by atoms with Crippen LogP contribution in [0.5, 0.6) is 11.5 Å². The lowest BCUT2D eigenvalue weighted by Crippen LogP contribution is -2.35. The van der Waals surface area contributed by atoms with E-state index in [-0.39, 0.29) is 11.7 Å². The molecule has 27 heavy (non-hydrogen) atoms. The van der Waals surface area contributed by atoms with Crippen LogP contribution in [0.25, 0.3) is 0 Å². The molecule has 1 aromatic rings. The van der Waals surface area contributed by atoms with E-state index in [9.17, 15) is 9.59 Å². The predicted octanol–water partition coefficient (Wildman–Crippen LogP) is 4.82. The maximum atomic E-state index is 13.5. The van der Waals surface area contributed by atoms with Gasteiger partial charge in [-0.15, -0.1) is 0 Å². The largest absolute Gasteiger partial charge is 0.496 e. The van der Waals surface area contributed by atoms with Crippen molar-refractivity contribution in [1.82, 2.24) is 0 Å². The molecule has 0 aliphatic heterocycles. The summed E-state index contributed by atoms with van der Waals surface area (Å²) in [5.74, 6) is -0.581. The number of carbonyl (C=O) groups is 2. The van der Waals surface area contributed by atoms with Crippen LogP contribution in [0.2, 0.25) is 0 Å². The van der Waals surface area contributed by atoms with Gasteiger partial charge in [0.1, 0.15) is 23.0 Å². The number of hydrogen-bond donors (Lipinski definition) is 0. The summed E-state index contributed by atoms with van der Waals surface area (Å²) >= 11 is 0. The van der Waals surface area contributed by atoms with E-state index in [0.717, 1.165) is 51.4 Å². The SMILES string of the molecule is CCCCCOC(=O)C(C(=O)c1c(OC)cccc1OC)C1CCCCC1. The summed E-state index contributed by atoms with van der Waals surface area (Å²) in [7, 11) is 3.04. The molecule has 1 atom stereocenters. The summed E-state index contributed by atoms with van der Waals surface area (Å²) in [6, 6.07) is 5.22. The Kier molecular flexibility index (Phi) is 8.62. The van der Waals surface area contributed by atoms with Gasteiger partial charge in [0, 0.05) is 0 Å². The van der Waals surface area contributed by atoms with Gasteiger partial charge in [-0.1, -0.05) is 45.1 Å². The minimum atomic E-state index is -0.794. The summed E-state index contributed by atoms with van der Waals surface area (Å²) in [5, 5.41) is 0. The highest BCUT2D eigenvalue weighted by Gasteiger charge is 2.39. The van der Waals surface area contributed by atoms with Crippen molar-refractivity contribution in [3.8, 4) is 11.5 Å². The molecule has 1 fully saturated rings. The second kappa shape index (κ2) is 11.0. The molecule has 0 N–H and O–H groups in total. The second-order valence-electron chi connectivity index (χ2n) is 7.15. The Labute approximate surface area is 162 Å². The quantitative estimate of drug-likeness (QED) is 0.254. The van der Waals surface area contributed by atoms with Gasteiger partial charge < -0.3 is 14.2 Å².